The Bertz CT molecular complexity index is 1220. The molecular weight excluding hydrogens is 429 g/mol. The van der Waals surface area contributed by atoms with Crippen LogP contribution in [0.3, 0.4) is 0 Å². The largest absolute Gasteiger partial charge is 0.299 e. The number of carbonyl (C=O) groups excluding carboxylic acids is 1. The number of primary sulfonamides is 1. The number of sulfonamides is 1. The van der Waals surface area contributed by atoms with Gasteiger partial charge < -0.3 is 0 Å². The fraction of sp³-hybridized carbons (Fsp3) is 0.333. The molecule has 2 aromatic carbocycles. The van der Waals surface area contributed by atoms with E-state index in [4.69, 9.17) is 5.14 Å². The Kier molecular flexibility index (Phi) is 6.26. The highest BCUT2D eigenvalue weighted by atomic mass is 32.2. The Hall–Kier alpha value is -2.84. The minimum Gasteiger partial charge on any atom is -0.299 e. The van der Waals surface area contributed by atoms with Crippen LogP contribution < -0.4 is 5.14 Å². The minimum absolute atomic E-state index is 0.00763. The van der Waals surface area contributed by atoms with Gasteiger partial charge in [0.05, 0.1) is 22.0 Å². The fourth-order valence-electron chi connectivity index (χ4n) is 4.41. The van der Waals surface area contributed by atoms with Gasteiger partial charge in [0.25, 0.3) is 0 Å². The molecule has 0 saturated heterocycles. The van der Waals surface area contributed by atoms with E-state index in [1.165, 1.54) is 24.3 Å². The highest BCUT2D eigenvalue weighted by molar-refractivity contribution is 7.89. The SMILES string of the molecule is CC1CCCC1C(=O)CCc1cc(-c2ccc(F)cc2)n(-c2ccc(S(N)(=O)=O)cc2)n1. The number of halogens is 1. The number of Topliss-reactive ketones (excluding diaryl/α,β-unsaturated/α-hetero) is 1. The summed E-state index contributed by atoms with van der Waals surface area (Å²) in [4.78, 5) is 12.7. The van der Waals surface area contributed by atoms with Crippen LogP contribution in [0.2, 0.25) is 0 Å². The number of nitrogens with zero attached hydrogens (tertiary/aromatic N) is 2. The van der Waals surface area contributed by atoms with Gasteiger partial charge in [0.2, 0.25) is 10.0 Å². The van der Waals surface area contributed by atoms with E-state index in [1.807, 2.05) is 6.07 Å². The summed E-state index contributed by atoms with van der Waals surface area (Å²) < 4.78 is 38.3. The molecule has 1 fully saturated rings. The van der Waals surface area contributed by atoms with Crippen LogP contribution in [0, 0.1) is 17.7 Å². The molecule has 32 heavy (non-hydrogen) atoms. The molecule has 1 aliphatic carbocycles. The molecule has 2 N–H and O–H groups in total. The first kappa shape index (κ1) is 22.4. The van der Waals surface area contributed by atoms with Crippen LogP contribution >= 0.6 is 0 Å². The molecule has 168 valence electrons. The summed E-state index contributed by atoms with van der Waals surface area (Å²) in [6.07, 6.45) is 4.12. The Balaban J connectivity index is 1.64. The molecule has 1 aromatic heterocycles. The van der Waals surface area contributed by atoms with E-state index in [9.17, 15) is 17.6 Å². The molecule has 4 rings (SSSR count). The molecule has 6 nitrogen and oxygen atoms in total. The molecule has 0 spiro atoms. The van der Waals surface area contributed by atoms with Crippen LogP contribution in [-0.4, -0.2) is 24.0 Å². The summed E-state index contributed by atoms with van der Waals surface area (Å²) in [7, 11) is -3.80. The molecule has 3 aromatic rings. The van der Waals surface area contributed by atoms with Gasteiger partial charge in [0.15, 0.2) is 0 Å². The number of ketones is 1. The average Bonchev–Trinajstić information content (AvgIpc) is 3.38. The quantitative estimate of drug-likeness (QED) is 0.576. The maximum Gasteiger partial charge on any atom is 0.238 e. The number of aryl methyl sites for hydroxylation is 1. The van der Waals surface area contributed by atoms with E-state index in [2.05, 4.69) is 12.0 Å². The van der Waals surface area contributed by atoms with Crippen LogP contribution in [-0.2, 0) is 21.2 Å². The van der Waals surface area contributed by atoms with Gasteiger partial charge in [-0.15, -0.1) is 0 Å². The number of rotatable bonds is 7. The Labute approximate surface area is 187 Å². The lowest BCUT2D eigenvalue weighted by Gasteiger charge is -2.13. The standard InChI is InChI=1S/C24H26FN3O3S/c1-16-3-2-4-22(16)24(29)14-9-19-15-23(17-5-7-18(25)8-6-17)28(27-19)20-10-12-21(13-11-20)32(26,30)31/h5-8,10-13,15-16,22H,2-4,9,14H2,1H3,(H2,26,30,31). The van der Waals surface area contributed by atoms with Crippen molar-refractivity contribution < 1.29 is 17.6 Å². The second-order valence-electron chi connectivity index (χ2n) is 8.46. The Morgan fingerprint density at radius 1 is 1.12 bits per heavy atom. The van der Waals surface area contributed by atoms with Crippen LogP contribution in [0.15, 0.2) is 59.5 Å². The number of hydrogen-bond donors (Lipinski definition) is 1. The highest BCUT2D eigenvalue weighted by Crippen LogP contribution is 2.33. The van der Waals surface area contributed by atoms with Crippen LogP contribution in [0.1, 0.15) is 38.3 Å². The maximum atomic E-state index is 13.4. The van der Waals surface area contributed by atoms with Crippen molar-refractivity contribution in [2.24, 2.45) is 17.0 Å². The third-order valence-electron chi connectivity index (χ3n) is 6.21. The first-order valence-corrected chi connectivity index (χ1v) is 12.3. The van der Waals surface area contributed by atoms with Crippen molar-refractivity contribution in [1.29, 1.82) is 0 Å². The third-order valence-corrected chi connectivity index (χ3v) is 7.14. The summed E-state index contributed by atoms with van der Waals surface area (Å²) in [5, 5.41) is 9.88. The monoisotopic (exact) mass is 455 g/mol. The normalized spacial score (nSPS) is 18.7. The van der Waals surface area contributed by atoms with Crippen molar-refractivity contribution in [3.63, 3.8) is 0 Å². The van der Waals surface area contributed by atoms with E-state index >= 15 is 0 Å². The molecule has 2 atom stereocenters. The van der Waals surface area contributed by atoms with E-state index in [0.717, 1.165) is 36.2 Å². The van der Waals surface area contributed by atoms with Gasteiger partial charge in [-0.25, -0.2) is 22.6 Å². The summed E-state index contributed by atoms with van der Waals surface area (Å²) in [5.41, 5.74) is 2.87. The lowest BCUT2D eigenvalue weighted by molar-refractivity contribution is -0.123. The summed E-state index contributed by atoms with van der Waals surface area (Å²) >= 11 is 0. The minimum atomic E-state index is -3.80. The highest BCUT2D eigenvalue weighted by Gasteiger charge is 2.29. The smallest absolute Gasteiger partial charge is 0.238 e. The van der Waals surface area contributed by atoms with Gasteiger partial charge in [-0.05, 0) is 79.8 Å². The zero-order valence-corrected chi connectivity index (χ0v) is 18.7. The van der Waals surface area contributed by atoms with Crippen molar-refractivity contribution in [3.8, 4) is 16.9 Å². The second kappa shape index (κ2) is 8.96. The topological polar surface area (TPSA) is 95.0 Å². The molecule has 1 heterocycles. The van der Waals surface area contributed by atoms with E-state index in [-0.39, 0.29) is 22.4 Å². The lowest BCUT2D eigenvalue weighted by atomic mass is 9.91. The van der Waals surface area contributed by atoms with Gasteiger partial charge in [0.1, 0.15) is 11.6 Å². The zero-order chi connectivity index (χ0) is 22.9. The van der Waals surface area contributed by atoms with Crippen molar-refractivity contribution in [3.05, 3.63) is 66.1 Å². The lowest BCUT2D eigenvalue weighted by Crippen LogP contribution is -2.17. The van der Waals surface area contributed by atoms with Crippen molar-refractivity contribution in [2.75, 3.05) is 0 Å². The summed E-state index contributed by atoms with van der Waals surface area (Å²) in [6, 6.07) is 14.1. The fourth-order valence-corrected chi connectivity index (χ4v) is 4.93. The molecule has 0 amide bonds. The molecular formula is C24H26FN3O3S. The van der Waals surface area contributed by atoms with Gasteiger partial charge >= 0.3 is 0 Å². The van der Waals surface area contributed by atoms with Crippen LogP contribution in [0.25, 0.3) is 16.9 Å². The molecule has 0 bridgehead atoms. The molecule has 0 aliphatic heterocycles. The number of aromatic nitrogens is 2. The van der Waals surface area contributed by atoms with Gasteiger partial charge in [-0.2, -0.15) is 5.10 Å². The number of benzene rings is 2. The average molecular weight is 456 g/mol. The number of hydrogen-bond acceptors (Lipinski definition) is 4. The van der Waals surface area contributed by atoms with Crippen molar-refractivity contribution in [2.45, 2.75) is 43.9 Å². The van der Waals surface area contributed by atoms with Crippen molar-refractivity contribution >= 4 is 15.8 Å². The maximum absolute atomic E-state index is 13.4. The van der Waals surface area contributed by atoms with E-state index in [1.54, 1.807) is 28.9 Å². The Morgan fingerprint density at radius 3 is 2.41 bits per heavy atom. The summed E-state index contributed by atoms with van der Waals surface area (Å²) in [6.45, 7) is 2.14. The molecule has 2 unspecified atom stereocenters. The summed E-state index contributed by atoms with van der Waals surface area (Å²) in [5.74, 6) is 0.519. The third kappa shape index (κ3) is 4.81. The molecule has 8 heteroatoms. The number of carbonyl (C=O) groups is 1. The predicted molar refractivity (Wildman–Crippen MR) is 120 cm³/mol. The van der Waals surface area contributed by atoms with Gasteiger partial charge in [-0.1, -0.05) is 13.3 Å². The van der Waals surface area contributed by atoms with E-state index < -0.39 is 10.0 Å². The van der Waals surface area contributed by atoms with E-state index in [0.29, 0.717) is 24.4 Å². The van der Waals surface area contributed by atoms with Crippen molar-refractivity contribution in [1.82, 2.24) is 9.78 Å². The first-order chi connectivity index (χ1) is 15.2. The van der Waals surface area contributed by atoms with Gasteiger partial charge in [0, 0.05) is 17.9 Å². The Morgan fingerprint density at radius 2 is 1.81 bits per heavy atom. The molecule has 0 radical (unpaired) electrons. The molecule has 1 saturated carbocycles. The molecule has 1 aliphatic rings. The number of nitrogens with two attached hydrogens (primary N) is 1. The van der Waals surface area contributed by atoms with Gasteiger partial charge in [-0.3, -0.25) is 4.79 Å². The zero-order valence-electron chi connectivity index (χ0n) is 17.9. The van der Waals surface area contributed by atoms with Crippen LogP contribution in [0.5, 0.6) is 0 Å². The predicted octanol–water partition coefficient (Wildman–Crippen LogP) is 4.26. The van der Waals surface area contributed by atoms with Crippen LogP contribution in [0.4, 0.5) is 4.39 Å². The first-order valence-electron chi connectivity index (χ1n) is 10.7. The second-order valence-corrected chi connectivity index (χ2v) is 10.0.